The van der Waals surface area contributed by atoms with E-state index in [9.17, 15) is 19.5 Å². The number of carbonyl (C=O) groups excluding carboxylic acids is 3. The number of esters is 1. The molecule has 0 aromatic carbocycles. The molecule has 1 spiro atoms. The highest BCUT2D eigenvalue weighted by Gasteiger charge is 2.70. The summed E-state index contributed by atoms with van der Waals surface area (Å²) in [5, 5.41) is 11.1. The van der Waals surface area contributed by atoms with E-state index in [4.69, 9.17) is 4.74 Å². The molecule has 7 atom stereocenters. The number of fused-ring (bicyclic) bond motifs is 3. The molecule has 4 fully saturated rings. The maximum atomic E-state index is 13.2. The van der Waals surface area contributed by atoms with Gasteiger partial charge < -0.3 is 9.84 Å². The van der Waals surface area contributed by atoms with E-state index in [1.54, 1.807) is 0 Å². The van der Waals surface area contributed by atoms with Gasteiger partial charge in [-0.2, -0.15) is 0 Å². The van der Waals surface area contributed by atoms with Crippen LogP contribution in [-0.2, 0) is 19.1 Å². The van der Waals surface area contributed by atoms with Gasteiger partial charge in [0.15, 0.2) is 5.78 Å². The largest absolute Gasteiger partial charge is 0.465 e. The molecule has 148 valence electrons. The third-order valence-corrected chi connectivity index (χ3v) is 8.61. The van der Waals surface area contributed by atoms with Crippen molar-refractivity contribution in [2.45, 2.75) is 65.4 Å². The predicted octanol–water partition coefficient (Wildman–Crippen LogP) is 2.85. The Morgan fingerprint density at radius 3 is 2.67 bits per heavy atom. The molecule has 0 aromatic heterocycles. The summed E-state index contributed by atoms with van der Waals surface area (Å²) < 4.78 is 5.31. The van der Waals surface area contributed by atoms with E-state index >= 15 is 0 Å². The third kappa shape index (κ3) is 2.30. The van der Waals surface area contributed by atoms with Crippen molar-refractivity contribution in [2.24, 2.45) is 34.0 Å². The van der Waals surface area contributed by atoms with E-state index in [0.717, 1.165) is 12.8 Å². The van der Waals surface area contributed by atoms with Crippen LogP contribution in [0.15, 0.2) is 12.2 Å². The first-order chi connectivity index (χ1) is 12.6. The van der Waals surface area contributed by atoms with Gasteiger partial charge >= 0.3 is 5.97 Å². The number of allylic oxidation sites excluding steroid dienone is 1. The zero-order valence-electron chi connectivity index (χ0n) is 16.5. The highest BCUT2D eigenvalue weighted by atomic mass is 16.5. The standard InChI is InChI=1S/C22H30O5/c1-12-14-9-15(24)18-20(3)7-6-17(25)21(4,11-27-13(2)23)16(20)5-8-22(18,10-14)19(12)26/h14-16,18,24H,1,5-11H2,2-4H3/t14-,15-,16+,18+,20-,21+,22-/m1/s1. The van der Waals surface area contributed by atoms with Crippen molar-refractivity contribution in [3.05, 3.63) is 12.2 Å². The minimum absolute atomic E-state index is 0.00547. The fourth-order valence-electron chi connectivity index (χ4n) is 7.51. The van der Waals surface area contributed by atoms with Gasteiger partial charge in [-0.25, -0.2) is 0 Å². The third-order valence-electron chi connectivity index (χ3n) is 8.61. The van der Waals surface area contributed by atoms with Gasteiger partial charge in [-0.15, -0.1) is 0 Å². The fourth-order valence-corrected chi connectivity index (χ4v) is 7.51. The maximum Gasteiger partial charge on any atom is 0.302 e. The quantitative estimate of drug-likeness (QED) is 0.594. The SMILES string of the molecule is C=C1C(=O)[C@@]23CC[C@H]4[C@@](C)(CCC(=O)[C@@]4(C)COC(C)=O)[C@@H]2[C@H](O)C[C@@H]1C3. The van der Waals surface area contributed by atoms with Gasteiger partial charge in [0.2, 0.25) is 0 Å². The lowest BCUT2D eigenvalue weighted by molar-refractivity contribution is -0.198. The minimum atomic E-state index is -0.754. The summed E-state index contributed by atoms with van der Waals surface area (Å²) in [5.41, 5.74) is -0.914. The molecule has 4 rings (SSSR count). The lowest BCUT2D eigenvalue weighted by Gasteiger charge is -2.63. The lowest BCUT2D eigenvalue weighted by atomic mass is 9.40. The molecule has 1 N–H and O–H groups in total. The molecule has 0 aromatic rings. The lowest BCUT2D eigenvalue weighted by Crippen LogP contribution is -2.64. The van der Waals surface area contributed by atoms with Gasteiger partial charge in [0.05, 0.1) is 11.5 Å². The molecule has 0 aliphatic heterocycles. The molecular formula is C22H30O5. The summed E-state index contributed by atoms with van der Waals surface area (Å²) in [5.74, 6) is -0.168. The van der Waals surface area contributed by atoms with Gasteiger partial charge in [0.1, 0.15) is 12.4 Å². The van der Waals surface area contributed by atoms with Crippen LogP contribution in [0.3, 0.4) is 0 Å². The first kappa shape index (κ1) is 18.9. The van der Waals surface area contributed by atoms with E-state index in [-0.39, 0.29) is 47.3 Å². The Kier molecular flexibility index (Phi) is 4.02. The smallest absolute Gasteiger partial charge is 0.302 e. The highest BCUT2D eigenvalue weighted by Crippen LogP contribution is 2.70. The van der Waals surface area contributed by atoms with E-state index in [0.29, 0.717) is 31.3 Å². The van der Waals surface area contributed by atoms with Crippen molar-refractivity contribution in [1.29, 1.82) is 0 Å². The minimum Gasteiger partial charge on any atom is -0.465 e. The average molecular weight is 374 g/mol. The van der Waals surface area contributed by atoms with Gasteiger partial charge in [0.25, 0.3) is 0 Å². The van der Waals surface area contributed by atoms with Crippen molar-refractivity contribution in [2.75, 3.05) is 6.61 Å². The van der Waals surface area contributed by atoms with Crippen LogP contribution < -0.4 is 0 Å². The Hall–Kier alpha value is -1.49. The van der Waals surface area contributed by atoms with Gasteiger partial charge in [-0.1, -0.05) is 13.5 Å². The highest BCUT2D eigenvalue weighted by molar-refractivity contribution is 6.03. The Labute approximate surface area is 160 Å². The first-order valence-electron chi connectivity index (χ1n) is 10.1. The molecule has 0 radical (unpaired) electrons. The van der Waals surface area contributed by atoms with Crippen LogP contribution >= 0.6 is 0 Å². The number of hydrogen-bond acceptors (Lipinski definition) is 5. The second kappa shape index (κ2) is 5.76. The number of carbonyl (C=O) groups is 3. The number of hydrogen-bond donors (Lipinski definition) is 1. The Morgan fingerprint density at radius 1 is 1.30 bits per heavy atom. The Balaban J connectivity index is 1.76. The van der Waals surface area contributed by atoms with Crippen LogP contribution in [0.2, 0.25) is 0 Å². The van der Waals surface area contributed by atoms with Crippen molar-refractivity contribution in [3.63, 3.8) is 0 Å². The second-order valence-corrected chi connectivity index (χ2v) is 9.91. The average Bonchev–Trinajstić information content (AvgIpc) is 2.78. The number of rotatable bonds is 2. The molecule has 5 heteroatoms. The fraction of sp³-hybridized carbons (Fsp3) is 0.773. The summed E-state index contributed by atoms with van der Waals surface area (Å²) >= 11 is 0. The van der Waals surface area contributed by atoms with Crippen molar-refractivity contribution in [3.8, 4) is 0 Å². The predicted molar refractivity (Wildman–Crippen MR) is 98.6 cm³/mol. The number of ether oxygens (including phenoxy) is 1. The molecule has 4 aliphatic carbocycles. The Morgan fingerprint density at radius 2 is 2.00 bits per heavy atom. The summed E-state index contributed by atoms with van der Waals surface area (Å²) in [4.78, 5) is 37.5. The summed E-state index contributed by atoms with van der Waals surface area (Å²) in [7, 11) is 0. The molecule has 0 heterocycles. The monoisotopic (exact) mass is 374 g/mol. The summed E-state index contributed by atoms with van der Waals surface area (Å²) in [6.07, 6.45) is 3.35. The maximum absolute atomic E-state index is 13.2. The van der Waals surface area contributed by atoms with Gasteiger partial charge in [-0.3, -0.25) is 14.4 Å². The van der Waals surface area contributed by atoms with E-state index in [1.165, 1.54) is 6.92 Å². The molecule has 4 aliphatic rings. The van der Waals surface area contributed by atoms with E-state index in [1.807, 2.05) is 6.92 Å². The van der Waals surface area contributed by atoms with Crippen LogP contribution in [-0.4, -0.2) is 35.4 Å². The number of Topliss-reactive ketones (excluding diaryl/α,β-unsaturated/α-hetero) is 2. The number of ketones is 2. The molecule has 0 amide bonds. The normalized spacial score (nSPS) is 48.8. The molecule has 5 nitrogen and oxygen atoms in total. The molecule has 2 bridgehead atoms. The second-order valence-electron chi connectivity index (χ2n) is 9.91. The van der Waals surface area contributed by atoms with Crippen molar-refractivity contribution >= 4 is 17.5 Å². The summed E-state index contributed by atoms with van der Waals surface area (Å²) in [6.45, 7) is 9.55. The van der Waals surface area contributed by atoms with E-state index in [2.05, 4.69) is 13.5 Å². The van der Waals surface area contributed by atoms with E-state index < -0.39 is 16.9 Å². The molecular weight excluding hydrogens is 344 g/mol. The van der Waals surface area contributed by atoms with Crippen LogP contribution in [0.4, 0.5) is 0 Å². The topological polar surface area (TPSA) is 80.7 Å². The molecule has 0 unspecified atom stereocenters. The van der Waals surface area contributed by atoms with Crippen LogP contribution in [0, 0.1) is 34.0 Å². The zero-order chi connectivity index (χ0) is 19.8. The van der Waals surface area contributed by atoms with Crippen LogP contribution in [0.1, 0.15) is 59.3 Å². The Bertz CT molecular complexity index is 741. The van der Waals surface area contributed by atoms with Gasteiger partial charge in [-0.05, 0) is 61.9 Å². The zero-order valence-corrected chi connectivity index (χ0v) is 16.5. The molecule has 4 saturated carbocycles. The van der Waals surface area contributed by atoms with Crippen molar-refractivity contribution < 1.29 is 24.2 Å². The summed E-state index contributed by atoms with van der Waals surface area (Å²) in [6, 6.07) is 0. The van der Waals surface area contributed by atoms with Crippen LogP contribution in [0.5, 0.6) is 0 Å². The van der Waals surface area contributed by atoms with Gasteiger partial charge in [0, 0.05) is 24.7 Å². The molecule has 27 heavy (non-hydrogen) atoms. The van der Waals surface area contributed by atoms with Crippen LogP contribution in [0.25, 0.3) is 0 Å². The molecule has 0 saturated heterocycles. The first-order valence-corrected chi connectivity index (χ1v) is 10.1. The van der Waals surface area contributed by atoms with Crippen molar-refractivity contribution in [1.82, 2.24) is 0 Å². The number of aliphatic hydroxyl groups is 1. The number of aliphatic hydroxyl groups excluding tert-OH is 1.